The lowest BCUT2D eigenvalue weighted by molar-refractivity contribution is -0.141. The highest BCUT2D eigenvalue weighted by Crippen LogP contribution is 2.06. The number of carboxylic acid groups (broad SMARTS) is 2. The van der Waals surface area contributed by atoms with Crippen molar-refractivity contribution in [3.05, 3.63) is 35.4 Å². The summed E-state index contributed by atoms with van der Waals surface area (Å²) in [5.41, 5.74) is -0.114. The van der Waals surface area contributed by atoms with Gasteiger partial charge in [-0.2, -0.15) is 0 Å². The van der Waals surface area contributed by atoms with Gasteiger partial charge in [-0.15, -0.1) is 0 Å². The third kappa shape index (κ3) is 5.04. The second-order valence-electron chi connectivity index (χ2n) is 4.67. The van der Waals surface area contributed by atoms with Gasteiger partial charge in [0.05, 0.1) is 13.2 Å². The van der Waals surface area contributed by atoms with E-state index in [-0.39, 0.29) is 11.1 Å². The van der Waals surface area contributed by atoms with E-state index in [4.69, 9.17) is 20.4 Å². The van der Waals surface area contributed by atoms with Gasteiger partial charge in [0.25, 0.3) is 11.8 Å². The molecule has 24 heavy (non-hydrogen) atoms. The fourth-order valence-electron chi connectivity index (χ4n) is 1.66. The van der Waals surface area contributed by atoms with Gasteiger partial charge in [-0.1, -0.05) is 6.07 Å². The minimum Gasteiger partial charge on any atom is -0.480 e. The number of carbonyl (C=O) groups is 4. The molecule has 6 N–H and O–H groups in total. The highest BCUT2D eigenvalue weighted by atomic mass is 16.4. The van der Waals surface area contributed by atoms with Crippen molar-refractivity contribution in [3.8, 4) is 0 Å². The molecule has 0 fully saturated rings. The van der Waals surface area contributed by atoms with Gasteiger partial charge in [0.15, 0.2) is 12.1 Å². The second-order valence-corrected chi connectivity index (χ2v) is 4.67. The van der Waals surface area contributed by atoms with Gasteiger partial charge in [0.2, 0.25) is 0 Å². The van der Waals surface area contributed by atoms with Crippen LogP contribution < -0.4 is 10.6 Å². The minimum atomic E-state index is -1.50. The summed E-state index contributed by atoms with van der Waals surface area (Å²) in [5, 5.41) is 39.4. The topological polar surface area (TPSA) is 173 Å². The molecule has 2 atom stereocenters. The van der Waals surface area contributed by atoms with Crippen LogP contribution in [0.1, 0.15) is 20.7 Å². The van der Waals surface area contributed by atoms with E-state index < -0.39 is 49.1 Å². The average molecular weight is 340 g/mol. The van der Waals surface area contributed by atoms with E-state index in [9.17, 15) is 19.2 Å². The SMILES string of the molecule is O=C(NC(CO)C(=O)O)c1cccc(C(=O)NC(CO)C(=O)O)c1. The lowest BCUT2D eigenvalue weighted by atomic mass is 10.1. The van der Waals surface area contributed by atoms with Crippen molar-refractivity contribution in [2.45, 2.75) is 12.1 Å². The Labute approximate surface area is 135 Å². The molecule has 1 aromatic rings. The highest BCUT2D eigenvalue weighted by Gasteiger charge is 2.22. The Hall–Kier alpha value is -2.98. The highest BCUT2D eigenvalue weighted by molar-refractivity contribution is 6.01. The summed E-state index contributed by atoms with van der Waals surface area (Å²) in [7, 11) is 0. The van der Waals surface area contributed by atoms with Crippen LogP contribution in [0, 0.1) is 0 Å². The minimum absolute atomic E-state index is 0.0572. The smallest absolute Gasteiger partial charge is 0.328 e. The number of hydrogen-bond donors (Lipinski definition) is 6. The maximum atomic E-state index is 11.9. The third-order valence-electron chi connectivity index (χ3n) is 2.96. The van der Waals surface area contributed by atoms with Gasteiger partial charge in [-0.25, -0.2) is 9.59 Å². The van der Waals surface area contributed by atoms with Crippen LogP contribution in [0.15, 0.2) is 24.3 Å². The van der Waals surface area contributed by atoms with E-state index >= 15 is 0 Å². The van der Waals surface area contributed by atoms with E-state index in [2.05, 4.69) is 10.6 Å². The molecule has 0 spiro atoms. The van der Waals surface area contributed by atoms with Gasteiger partial charge in [0, 0.05) is 11.1 Å². The van der Waals surface area contributed by atoms with E-state index in [1.807, 2.05) is 0 Å². The van der Waals surface area contributed by atoms with Crippen LogP contribution in [-0.4, -0.2) is 69.5 Å². The fraction of sp³-hybridized carbons (Fsp3) is 0.286. The standard InChI is InChI=1S/C14H16N2O8/c17-5-9(13(21)22)15-11(19)7-2-1-3-8(4-7)12(20)16-10(6-18)14(23)24/h1-4,9-10,17-18H,5-6H2,(H,15,19)(H,16,20)(H,21,22)(H,23,24). The molecule has 0 aliphatic rings. The molecular weight excluding hydrogens is 324 g/mol. The lowest BCUT2D eigenvalue weighted by Crippen LogP contribution is -2.44. The lowest BCUT2D eigenvalue weighted by Gasteiger charge is -2.13. The Balaban J connectivity index is 2.89. The predicted octanol–water partition coefficient (Wildman–Crippen LogP) is -1.96. The first kappa shape index (κ1) is 19.1. The molecule has 0 aliphatic heterocycles. The maximum Gasteiger partial charge on any atom is 0.328 e. The molecule has 1 rings (SSSR count). The normalized spacial score (nSPS) is 12.8. The molecule has 130 valence electrons. The first-order valence-corrected chi connectivity index (χ1v) is 6.69. The number of carbonyl (C=O) groups excluding carboxylic acids is 2. The Morgan fingerprint density at radius 3 is 1.50 bits per heavy atom. The molecule has 10 heteroatoms. The van der Waals surface area contributed by atoms with Crippen LogP contribution in [0.4, 0.5) is 0 Å². The van der Waals surface area contributed by atoms with Gasteiger partial charge in [0.1, 0.15) is 0 Å². The molecule has 0 saturated carbocycles. The molecule has 0 aliphatic carbocycles. The van der Waals surface area contributed by atoms with E-state index in [1.165, 1.54) is 18.2 Å². The number of nitrogens with one attached hydrogen (secondary N) is 2. The van der Waals surface area contributed by atoms with Crippen LogP contribution >= 0.6 is 0 Å². The molecule has 0 saturated heterocycles. The van der Waals surface area contributed by atoms with Crippen molar-refractivity contribution < 1.29 is 39.6 Å². The summed E-state index contributed by atoms with van der Waals surface area (Å²) in [6.45, 7) is -1.61. The zero-order valence-electron chi connectivity index (χ0n) is 12.3. The Bertz CT molecular complexity index is 594. The first-order chi connectivity index (χ1) is 11.3. The fourth-order valence-corrected chi connectivity index (χ4v) is 1.66. The van der Waals surface area contributed by atoms with Crippen molar-refractivity contribution in [1.29, 1.82) is 0 Å². The van der Waals surface area contributed by atoms with Gasteiger partial charge in [-0.3, -0.25) is 9.59 Å². The maximum absolute atomic E-state index is 11.9. The number of aliphatic hydroxyl groups is 2. The van der Waals surface area contributed by atoms with Crippen LogP contribution in [0.2, 0.25) is 0 Å². The van der Waals surface area contributed by atoms with Crippen molar-refractivity contribution in [3.63, 3.8) is 0 Å². The summed E-state index contributed by atoms with van der Waals surface area (Å²) in [6.07, 6.45) is 0. The zero-order chi connectivity index (χ0) is 18.3. The Morgan fingerprint density at radius 1 is 0.833 bits per heavy atom. The van der Waals surface area contributed by atoms with Crippen molar-refractivity contribution in [2.24, 2.45) is 0 Å². The van der Waals surface area contributed by atoms with Gasteiger partial charge < -0.3 is 31.1 Å². The predicted molar refractivity (Wildman–Crippen MR) is 78.4 cm³/mol. The monoisotopic (exact) mass is 340 g/mol. The molecule has 1 aromatic carbocycles. The largest absolute Gasteiger partial charge is 0.480 e. The Kier molecular flexibility index (Phi) is 6.83. The Morgan fingerprint density at radius 2 is 1.21 bits per heavy atom. The molecule has 10 nitrogen and oxygen atoms in total. The molecular formula is C14H16N2O8. The van der Waals surface area contributed by atoms with Crippen LogP contribution in [0.3, 0.4) is 0 Å². The quantitative estimate of drug-likeness (QED) is 0.316. The molecule has 2 unspecified atom stereocenters. The van der Waals surface area contributed by atoms with Crippen LogP contribution in [0.5, 0.6) is 0 Å². The zero-order valence-corrected chi connectivity index (χ0v) is 12.3. The summed E-state index contributed by atoms with van der Waals surface area (Å²) >= 11 is 0. The number of aliphatic hydroxyl groups excluding tert-OH is 2. The van der Waals surface area contributed by atoms with E-state index in [1.54, 1.807) is 0 Å². The number of benzene rings is 1. The van der Waals surface area contributed by atoms with Crippen molar-refractivity contribution >= 4 is 23.8 Å². The van der Waals surface area contributed by atoms with Crippen molar-refractivity contribution in [1.82, 2.24) is 10.6 Å². The molecule has 0 aromatic heterocycles. The van der Waals surface area contributed by atoms with Crippen LogP contribution in [-0.2, 0) is 9.59 Å². The molecule has 2 amide bonds. The van der Waals surface area contributed by atoms with E-state index in [0.717, 1.165) is 6.07 Å². The number of aliphatic carboxylic acids is 2. The number of rotatable bonds is 8. The molecule has 0 bridgehead atoms. The summed E-state index contributed by atoms with van der Waals surface area (Å²) in [4.78, 5) is 45.4. The summed E-state index contributed by atoms with van der Waals surface area (Å²) in [5.74, 6) is -4.51. The number of amides is 2. The number of carboxylic acids is 2. The number of hydrogen-bond acceptors (Lipinski definition) is 6. The third-order valence-corrected chi connectivity index (χ3v) is 2.96. The van der Waals surface area contributed by atoms with Crippen LogP contribution in [0.25, 0.3) is 0 Å². The average Bonchev–Trinajstić information content (AvgIpc) is 2.56. The summed E-state index contributed by atoms with van der Waals surface area (Å²) in [6, 6.07) is 2.08. The van der Waals surface area contributed by atoms with Gasteiger partial charge in [-0.05, 0) is 18.2 Å². The van der Waals surface area contributed by atoms with Gasteiger partial charge >= 0.3 is 11.9 Å². The van der Waals surface area contributed by atoms with Crippen molar-refractivity contribution in [2.75, 3.05) is 13.2 Å². The molecule has 0 radical (unpaired) electrons. The summed E-state index contributed by atoms with van der Waals surface area (Å²) < 4.78 is 0. The van der Waals surface area contributed by atoms with E-state index in [0.29, 0.717) is 0 Å². The first-order valence-electron chi connectivity index (χ1n) is 6.69. The second kappa shape index (κ2) is 8.60. The molecule has 0 heterocycles.